The summed E-state index contributed by atoms with van der Waals surface area (Å²) in [4.78, 5) is 42.1. The van der Waals surface area contributed by atoms with Gasteiger partial charge in [0, 0.05) is 57.6 Å². The van der Waals surface area contributed by atoms with Crippen LogP contribution in [-0.4, -0.2) is 75.1 Å². The maximum atomic E-state index is 13.5. The summed E-state index contributed by atoms with van der Waals surface area (Å²) in [5.74, 6) is -1.21. The van der Waals surface area contributed by atoms with E-state index in [1.807, 2.05) is 11.8 Å². The van der Waals surface area contributed by atoms with E-state index in [4.69, 9.17) is 11.6 Å². The maximum absolute atomic E-state index is 13.5. The Morgan fingerprint density at radius 1 is 1.11 bits per heavy atom. The summed E-state index contributed by atoms with van der Waals surface area (Å²) in [6.45, 7) is 3.96. The van der Waals surface area contributed by atoms with Gasteiger partial charge in [0.05, 0.1) is 6.04 Å². The van der Waals surface area contributed by atoms with Crippen LogP contribution in [-0.2, 0) is 11.2 Å². The number of piperazine rings is 1. The fourth-order valence-electron chi connectivity index (χ4n) is 4.22. The van der Waals surface area contributed by atoms with Gasteiger partial charge in [-0.15, -0.1) is 0 Å². The quantitative estimate of drug-likeness (QED) is 0.400. The lowest BCUT2D eigenvalue weighted by Gasteiger charge is -2.42. The molecule has 0 radical (unpaired) electrons. The Morgan fingerprint density at radius 2 is 1.95 bits per heavy atom. The van der Waals surface area contributed by atoms with E-state index in [2.05, 4.69) is 25.6 Å². The highest BCUT2D eigenvalue weighted by Gasteiger charge is 2.32. The van der Waals surface area contributed by atoms with Crippen LogP contribution in [0.4, 0.5) is 19.4 Å². The second-order valence-corrected chi connectivity index (χ2v) is 9.28. The number of amides is 3. The lowest BCUT2D eigenvalue weighted by atomic mass is 10.1. The SMILES string of the molecule is CCCNC(=O)N1CCN(c2cc(Cl)nc(-n3ccnc3)n2)C(CC(=O)NCCc2ccc(F)c(F)c2)C1. The van der Waals surface area contributed by atoms with Gasteiger partial charge in [-0.3, -0.25) is 9.36 Å². The molecule has 1 aromatic carbocycles. The normalized spacial score (nSPS) is 15.4. The van der Waals surface area contributed by atoms with Crippen LogP contribution in [0.15, 0.2) is 43.0 Å². The molecule has 1 saturated heterocycles. The smallest absolute Gasteiger partial charge is 0.317 e. The lowest BCUT2D eigenvalue weighted by Crippen LogP contribution is -2.58. The molecule has 3 aromatic rings. The standard InChI is InChI=1S/C25H29ClF2N8O2/c1-2-6-31-25(38)34-10-11-36(22-14-21(26)32-24(33-22)35-9-8-29-16-35)18(15-34)13-23(37)30-7-5-17-3-4-19(27)20(28)12-17/h3-4,8-9,12,14,16,18H,2,5-7,10-11,13,15H2,1H3,(H,30,37)(H,31,38). The Balaban J connectivity index is 1.47. The van der Waals surface area contributed by atoms with Crippen LogP contribution in [0, 0.1) is 11.6 Å². The highest BCUT2D eigenvalue weighted by molar-refractivity contribution is 6.29. The number of hydrogen-bond donors (Lipinski definition) is 2. The molecule has 1 fully saturated rings. The molecule has 202 valence electrons. The van der Waals surface area contributed by atoms with E-state index in [-0.39, 0.29) is 36.1 Å². The first-order valence-corrected chi connectivity index (χ1v) is 12.7. The molecule has 0 bridgehead atoms. The van der Waals surface area contributed by atoms with Crippen molar-refractivity contribution >= 4 is 29.4 Å². The summed E-state index contributed by atoms with van der Waals surface area (Å²) < 4.78 is 28.3. The summed E-state index contributed by atoms with van der Waals surface area (Å²) in [5.41, 5.74) is 0.574. The van der Waals surface area contributed by atoms with Crippen molar-refractivity contribution in [2.45, 2.75) is 32.2 Å². The molecule has 13 heteroatoms. The van der Waals surface area contributed by atoms with Gasteiger partial charge in [-0.2, -0.15) is 4.98 Å². The van der Waals surface area contributed by atoms with Gasteiger partial charge in [0.2, 0.25) is 11.9 Å². The largest absolute Gasteiger partial charge is 0.356 e. The molecule has 0 aliphatic carbocycles. The number of anilines is 1. The van der Waals surface area contributed by atoms with Crippen molar-refractivity contribution in [2.75, 3.05) is 37.6 Å². The molecule has 10 nitrogen and oxygen atoms in total. The van der Waals surface area contributed by atoms with E-state index >= 15 is 0 Å². The average molecular weight is 547 g/mol. The third kappa shape index (κ3) is 6.94. The third-order valence-corrected chi connectivity index (χ3v) is 6.33. The van der Waals surface area contributed by atoms with E-state index in [1.54, 1.807) is 34.3 Å². The van der Waals surface area contributed by atoms with E-state index in [1.165, 1.54) is 6.07 Å². The fraction of sp³-hybridized carbons (Fsp3) is 0.400. The van der Waals surface area contributed by atoms with Crippen molar-refractivity contribution in [3.05, 3.63) is 65.3 Å². The molecule has 1 atom stereocenters. The Morgan fingerprint density at radius 3 is 2.68 bits per heavy atom. The zero-order valence-electron chi connectivity index (χ0n) is 20.9. The van der Waals surface area contributed by atoms with E-state index in [0.29, 0.717) is 49.9 Å². The number of halogens is 3. The number of nitrogens with one attached hydrogen (secondary N) is 2. The molecule has 1 unspecified atom stereocenters. The number of carbonyl (C=O) groups is 2. The van der Waals surface area contributed by atoms with Crippen LogP contribution >= 0.6 is 11.6 Å². The van der Waals surface area contributed by atoms with Crippen LogP contribution in [0.2, 0.25) is 5.15 Å². The lowest BCUT2D eigenvalue weighted by molar-refractivity contribution is -0.121. The highest BCUT2D eigenvalue weighted by Crippen LogP contribution is 2.24. The number of benzene rings is 1. The number of imidazole rings is 1. The minimum absolute atomic E-state index is 0.0807. The number of rotatable bonds is 9. The fourth-order valence-corrected chi connectivity index (χ4v) is 4.39. The van der Waals surface area contributed by atoms with Crippen LogP contribution < -0.4 is 15.5 Å². The topological polar surface area (TPSA) is 108 Å². The minimum Gasteiger partial charge on any atom is -0.356 e. The maximum Gasteiger partial charge on any atom is 0.317 e. The summed E-state index contributed by atoms with van der Waals surface area (Å²) >= 11 is 6.31. The first kappa shape index (κ1) is 27.2. The molecule has 1 aliphatic rings. The number of urea groups is 1. The molecule has 2 N–H and O–H groups in total. The van der Waals surface area contributed by atoms with Crippen LogP contribution in [0.5, 0.6) is 0 Å². The van der Waals surface area contributed by atoms with Gasteiger partial charge in [-0.25, -0.2) is 23.5 Å². The van der Waals surface area contributed by atoms with Gasteiger partial charge in [-0.1, -0.05) is 24.6 Å². The molecule has 3 heterocycles. The van der Waals surface area contributed by atoms with Crippen LogP contribution in [0.1, 0.15) is 25.3 Å². The second kappa shape index (κ2) is 12.6. The van der Waals surface area contributed by atoms with Crippen LogP contribution in [0.3, 0.4) is 0 Å². The molecule has 0 saturated carbocycles. The van der Waals surface area contributed by atoms with Gasteiger partial charge in [0.15, 0.2) is 11.6 Å². The summed E-state index contributed by atoms with van der Waals surface area (Å²) in [7, 11) is 0. The Labute approximate surface area is 224 Å². The summed E-state index contributed by atoms with van der Waals surface area (Å²) in [5, 5.41) is 5.95. The van der Waals surface area contributed by atoms with Crippen molar-refractivity contribution in [2.24, 2.45) is 0 Å². The van der Waals surface area contributed by atoms with Gasteiger partial charge in [0.25, 0.3) is 0 Å². The Hall–Kier alpha value is -3.80. The van der Waals surface area contributed by atoms with Crippen molar-refractivity contribution in [3.63, 3.8) is 0 Å². The molecular weight excluding hydrogens is 518 g/mol. The van der Waals surface area contributed by atoms with Crippen LogP contribution in [0.25, 0.3) is 5.95 Å². The zero-order valence-corrected chi connectivity index (χ0v) is 21.7. The molecular formula is C25H29ClF2N8O2. The first-order chi connectivity index (χ1) is 18.3. The predicted molar refractivity (Wildman–Crippen MR) is 138 cm³/mol. The Bertz CT molecular complexity index is 1260. The number of hydrogen-bond acceptors (Lipinski definition) is 6. The number of aromatic nitrogens is 4. The number of carbonyl (C=O) groups excluding carboxylic acids is 2. The Kier molecular flexibility index (Phi) is 9.06. The van der Waals surface area contributed by atoms with E-state index < -0.39 is 11.6 Å². The van der Waals surface area contributed by atoms with Crippen molar-refractivity contribution in [3.8, 4) is 5.95 Å². The minimum atomic E-state index is -0.924. The van der Waals surface area contributed by atoms with Gasteiger partial charge in [0.1, 0.15) is 17.3 Å². The monoisotopic (exact) mass is 546 g/mol. The first-order valence-electron chi connectivity index (χ1n) is 12.4. The molecule has 4 rings (SSSR count). The van der Waals surface area contributed by atoms with Gasteiger partial charge in [-0.05, 0) is 30.5 Å². The van der Waals surface area contributed by atoms with Crippen molar-refractivity contribution in [1.82, 2.24) is 35.1 Å². The van der Waals surface area contributed by atoms with E-state index in [0.717, 1.165) is 18.6 Å². The molecule has 2 aromatic heterocycles. The molecule has 0 spiro atoms. The van der Waals surface area contributed by atoms with Crippen molar-refractivity contribution in [1.29, 1.82) is 0 Å². The highest BCUT2D eigenvalue weighted by atomic mass is 35.5. The van der Waals surface area contributed by atoms with E-state index in [9.17, 15) is 18.4 Å². The number of nitrogens with zero attached hydrogens (tertiary/aromatic N) is 6. The third-order valence-electron chi connectivity index (χ3n) is 6.14. The van der Waals surface area contributed by atoms with Gasteiger partial charge < -0.3 is 20.4 Å². The van der Waals surface area contributed by atoms with Gasteiger partial charge >= 0.3 is 6.03 Å². The molecule has 1 aliphatic heterocycles. The molecule has 3 amide bonds. The van der Waals surface area contributed by atoms with Crippen molar-refractivity contribution < 1.29 is 18.4 Å². The zero-order chi connectivity index (χ0) is 27.1. The average Bonchev–Trinajstić information content (AvgIpc) is 3.44. The second-order valence-electron chi connectivity index (χ2n) is 8.90. The predicted octanol–water partition coefficient (Wildman–Crippen LogP) is 2.95. The molecule has 38 heavy (non-hydrogen) atoms. The summed E-state index contributed by atoms with van der Waals surface area (Å²) in [6, 6.07) is 4.72. The summed E-state index contributed by atoms with van der Waals surface area (Å²) in [6.07, 6.45) is 6.10.